The molecule has 1 aromatic carbocycles. The van der Waals surface area contributed by atoms with E-state index in [2.05, 4.69) is 13.0 Å². The Morgan fingerprint density at radius 1 is 1.35 bits per heavy atom. The monoisotopic (exact) mass is 316 g/mol. The molecule has 0 spiro atoms. The van der Waals surface area contributed by atoms with E-state index in [-0.39, 0.29) is 29.8 Å². The second-order valence-corrected chi connectivity index (χ2v) is 6.64. The van der Waals surface area contributed by atoms with Crippen molar-refractivity contribution in [2.75, 3.05) is 25.2 Å². The van der Waals surface area contributed by atoms with E-state index in [4.69, 9.17) is 4.74 Å². The molecule has 5 heteroatoms. The molecule has 3 rings (SSSR count). The smallest absolute Gasteiger partial charge is 0.232 e. The molecule has 2 amide bonds. The van der Waals surface area contributed by atoms with Crippen LogP contribution in [0, 0.1) is 5.92 Å². The van der Waals surface area contributed by atoms with Gasteiger partial charge < -0.3 is 14.5 Å². The van der Waals surface area contributed by atoms with Crippen molar-refractivity contribution in [3.8, 4) is 0 Å². The van der Waals surface area contributed by atoms with E-state index in [0.29, 0.717) is 19.6 Å². The summed E-state index contributed by atoms with van der Waals surface area (Å²) < 4.78 is 5.13. The average molecular weight is 316 g/mol. The highest BCUT2D eigenvalue weighted by atomic mass is 16.5. The molecule has 0 bridgehead atoms. The summed E-state index contributed by atoms with van der Waals surface area (Å²) in [6.07, 6.45) is 1.19. The fraction of sp³-hybridized carbons (Fsp3) is 0.556. The molecule has 1 saturated heterocycles. The van der Waals surface area contributed by atoms with Crippen LogP contribution in [0.4, 0.5) is 5.69 Å². The van der Waals surface area contributed by atoms with Gasteiger partial charge >= 0.3 is 0 Å². The van der Waals surface area contributed by atoms with Gasteiger partial charge in [0.05, 0.1) is 18.6 Å². The quantitative estimate of drug-likeness (QED) is 0.852. The fourth-order valence-electron chi connectivity index (χ4n) is 3.75. The lowest BCUT2D eigenvalue weighted by Crippen LogP contribution is -2.42. The molecule has 2 aliphatic heterocycles. The third kappa shape index (κ3) is 2.85. The van der Waals surface area contributed by atoms with E-state index in [1.807, 2.05) is 30.0 Å². The number of benzene rings is 1. The molecule has 0 aromatic heterocycles. The number of anilines is 1. The van der Waals surface area contributed by atoms with Crippen LogP contribution in [0.3, 0.4) is 0 Å². The summed E-state index contributed by atoms with van der Waals surface area (Å²) in [6.45, 7) is 5.02. The molecule has 3 atom stereocenters. The van der Waals surface area contributed by atoms with Crippen molar-refractivity contribution in [3.05, 3.63) is 29.8 Å². The molecular formula is C18H24N2O3. The predicted octanol–water partition coefficient (Wildman–Crippen LogP) is 1.85. The first-order valence-corrected chi connectivity index (χ1v) is 8.22. The van der Waals surface area contributed by atoms with Gasteiger partial charge in [-0.3, -0.25) is 9.59 Å². The highest BCUT2D eigenvalue weighted by Crippen LogP contribution is 2.34. The Balaban J connectivity index is 1.76. The van der Waals surface area contributed by atoms with Gasteiger partial charge in [0.15, 0.2) is 0 Å². The van der Waals surface area contributed by atoms with Gasteiger partial charge in [0.25, 0.3) is 0 Å². The summed E-state index contributed by atoms with van der Waals surface area (Å²) in [7, 11) is 1.63. The molecule has 2 heterocycles. The standard InChI is InChI=1S/C18H24N2O3/c1-12-8-14-6-4-5-7-16(14)20(12)18(22)15-9-17(21)19(10-15)13(2)11-23-3/h4-7,12-13,15H,8-11H2,1-3H3/t12-,13+,15+/m1/s1. The minimum Gasteiger partial charge on any atom is -0.383 e. The number of likely N-dealkylation sites (tertiary alicyclic amines) is 1. The van der Waals surface area contributed by atoms with Crippen molar-refractivity contribution in [1.82, 2.24) is 4.90 Å². The number of hydrogen-bond acceptors (Lipinski definition) is 3. The molecule has 5 nitrogen and oxygen atoms in total. The van der Waals surface area contributed by atoms with Crippen LogP contribution in [-0.2, 0) is 20.7 Å². The average Bonchev–Trinajstić information content (AvgIpc) is 3.06. The third-order valence-electron chi connectivity index (χ3n) is 4.89. The van der Waals surface area contributed by atoms with Crippen molar-refractivity contribution in [3.63, 3.8) is 0 Å². The first-order valence-electron chi connectivity index (χ1n) is 8.22. The number of nitrogens with zero attached hydrogens (tertiary/aromatic N) is 2. The van der Waals surface area contributed by atoms with Crippen LogP contribution in [0.2, 0.25) is 0 Å². The molecule has 0 saturated carbocycles. The Kier molecular flexibility index (Phi) is 4.39. The van der Waals surface area contributed by atoms with Crippen LogP contribution < -0.4 is 4.90 Å². The summed E-state index contributed by atoms with van der Waals surface area (Å²) in [6, 6.07) is 8.20. The van der Waals surface area contributed by atoms with E-state index < -0.39 is 0 Å². The number of hydrogen-bond donors (Lipinski definition) is 0. The molecule has 1 fully saturated rings. The van der Waals surface area contributed by atoms with Crippen LogP contribution in [-0.4, -0.2) is 49.1 Å². The van der Waals surface area contributed by atoms with E-state index in [0.717, 1.165) is 12.1 Å². The van der Waals surface area contributed by atoms with Gasteiger partial charge in [-0.2, -0.15) is 0 Å². The zero-order chi connectivity index (χ0) is 16.6. The minimum atomic E-state index is -0.254. The summed E-state index contributed by atoms with van der Waals surface area (Å²) in [5.74, 6) is -0.133. The van der Waals surface area contributed by atoms with Gasteiger partial charge in [-0.25, -0.2) is 0 Å². The predicted molar refractivity (Wildman–Crippen MR) is 88.3 cm³/mol. The summed E-state index contributed by atoms with van der Waals surface area (Å²) in [4.78, 5) is 28.9. The van der Waals surface area contributed by atoms with Crippen molar-refractivity contribution in [2.45, 2.75) is 38.8 Å². The molecule has 0 radical (unpaired) electrons. The summed E-state index contributed by atoms with van der Waals surface area (Å²) in [5, 5.41) is 0. The molecule has 124 valence electrons. The Labute approximate surface area is 137 Å². The maximum atomic E-state index is 13.0. The van der Waals surface area contributed by atoms with Crippen LogP contribution >= 0.6 is 0 Å². The van der Waals surface area contributed by atoms with Gasteiger partial charge in [-0.1, -0.05) is 18.2 Å². The Hall–Kier alpha value is -1.88. The van der Waals surface area contributed by atoms with Crippen molar-refractivity contribution in [2.24, 2.45) is 5.92 Å². The van der Waals surface area contributed by atoms with Gasteiger partial charge in [-0.15, -0.1) is 0 Å². The second kappa shape index (κ2) is 6.32. The zero-order valence-electron chi connectivity index (χ0n) is 14.0. The lowest BCUT2D eigenvalue weighted by Gasteiger charge is -2.27. The van der Waals surface area contributed by atoms with Gasteiger partial charge in [0.1, 0.15) is 0 Å². The number of ether oxygens (including phenoxy) is 1. The molecule has 0 unspecified atom stereocenters. The lowest BCUT2D eigenvalue weighted by molar-refractivity contribution is -0.130. The van der Waals surface area contributed by atoms with Crippen LogP contribution in [0.25, 0.3) is 0 Å². The fourth-order valence-corrected chi connectivity index (χ4v) is 3.75. The molecule has 2 aliphatic rings. The number of amides is 2. The highest BCUT2D eigenvalue weighted by molar-refractivity contribution is 6.01. The normalized spacial score (nSPS) is 24.9. The van der Waals surface area contributed by atoms with E-state index in [9.17, 15) is 9.59 Å². The molecule has 0 aliphatic carbocycles. The van der Waals surface area contributed by atoms with Crippen molar-refractivity contribution >= 4 is 17.5 Å². The zero-order valence-corrected chi connectivity index (χ0v) is 14.0. The molecule has 23 heavy (non-hydrogen) atoms. The van der Waals surface area contributed by atoms with Crippen LogP contribution in [0.5, 0.6) is 0 Å². The maximum absolute atomic E-state index is 13.0. The summed E-state index contributed by atoms with van der Waals surface area (Å²) >= 11 is 0. The maximum Gasteiger partial charge on any atom is 0.232 e. The first kappa shape index (κ1) is 16.0. The summed E-state index contributed by atoms with van der Waals surface area (Å²) in [5.41, 5.74) is 2.21. The Bertz CT molecular complexity index is 616. The molecule has 0 N–H and O–H groups in total. The number of carbonyl (C=O) groups is 2. The first-order chi connectivity index (χ1) is 11.0. The largest absolute Gasteiger partial charge is 0.383 e. The van der Waals surface area contributed by atoms with E-state index >= 15 is 0 Å². The lowest BCUT2D eigenvalue weighted by atomic mass is 10.1. The number of carbonyl (C=O) groups excluding carboxylic acids is 2. The Morgan fingerprint density at radius 2 is 2.09 bits per heavy atom. The Morgan fingerprint density at radius 3 is 2.83 bits per heavy atom. The highest BCUT2D eigenvalue weighted by Gasteiger charge is 2.41. The number of methoxy groups -OCH3 is 1. The minimum absolute atomic E-state index is 0.00795. The van der Waals surface area contributed by atoms with Crippen LogP contribution in [0.1, 0.15) is 25.8 Å². The number of para-hydroxylation sites is 1. The van der Waals surface area contributed by atoms with Gasteiger partial charge in [0.2, 0.25) is 11.8 Å². The third-order valence-corrected chi connectivity index (χ3v) is 4.89. The second-order valence-electron chi connectivity index (χ2n) is 6.64. The van der Waals surface area contributed by atoms with E-state index in [1.165, 1.54) is 5.56 Å². The SMILES string of the molecule is COC[C@H](C)N1C[C@@H](C(=O)N2c3ccccc3C[C@H]2C)CC1=O. The molecular weight excluding hydrogens is 292 g/mol. The van der Waals surface area contributed by atoms with Crippen molar-refractivity contribution in [1.29, 1.82) is 0 Å². The number of fused-ring (bicyclic) bond motifs is 1. The van der Waals surface area contributed by atoms with Gasteiger partial charge in [0, 0.05) is 31.8 Å². The molecule has 1 aromatic rings. The van der Waals surface area contributed by atoms with E-state index in [1.54, 1.807) is 12.0 Å². The van der Waals surface area contributed by atoms with Crippen LogP contribution in [0.15, 0.2) is 24.3 Å². The van der Waals surface area contributed by atoms with Crippen molar-refractivity contribution < 1.29 is 14.3 Å². The number of rotatable bonds is 4. The van der Waals surface area contributed by atoms with Gasteiger partial charge in [-0.05, 0) is 31.9 Å². The topological polar surface area (TPSA) is 49.9 Å².